The van der Waals surface area contributed by atoms with Crippen LogP contribution in [0.15, 0.2) is 48.3 Å². The zero-order valence-corrected chi connectivity index (χ0v) is 20.1. The van der Waals surface area contributed by atoms with E-state index in [4.69, 9.17) is 11.5 Å². The number of amides is 2. The third-order valence-electron chi connectivity index (χ3n) is 5.62. The van der Waals surface area contributed by atoms with Gasteiger partial charge in [0.1, 0.15) is 12.4 Å². The van der Waals surface area contributed by atoms with Crippen LogP contribution in [0.3, 0.4) is 0 Å². The lowest BCUT2D eigenvalue weighted by molar-refractivity contribution is -0.122. The summed E-state index contributed by atoms with van der Waals surface area (Å²) in [6, 6.07) is 5.82. The van der Waals surface area contributed by atoms with Gasteiger partial charge in [0.05, 0.1) is 24.7 Å². The molecule has 2 heterocycles. The maximum atomic E-state index is 12.3. The number of urea groups is 1. The number of carbonyl (C=O) groups is 1. The molecule has 2 atom stereocenters. The van der Waals surface area contributed by atoms with Crippen LogP contribution in [0.5, 0.6) is 0 Å². The average Bonchev–Trinajstić information content (AvgIpc) is 3.24. The van der Waals surface area contributed by atoms with E-state index in [1.54, 1.807) is 29.7 Å². The number of alkyl halides is 3. The summed E-state index contributed by atoms with van der Waals surface area (Å²) in [5.41, 5.74) is 14.4. The van der Waals surface area contributed by atoms with Crippen LogP contribution < -0.4 is 27.4 Å². The highest BCUT2D eigenvalue weighted by Gasteiger charge is 2.27. The topological polar surface area (TPSA) is 143 Å². The fourth-order valence-electron chi connectivity index (χ4n) is 3.75. The van der Waals surface area contributed by atoms with Crippen molar-refractivity contribution in [3.8, 4) is 11.3 Å². The molecule has 2 aromatic rings. The molecule has 1 aliphatic rings. The third kappa shape index (κ3) is 7.57. The van der Waals surface area contributed by atoms with Crippen LogP contribution in [-0.4, -0.2) is 51.7 Å². The number of halogens is 3. The Balaban J connectivity index is 1.66. The number of nitrogens with two attached hydrogens (primary N) is 2. The summed E-state index contributed by atoms with van der Waals surface area (Å²) in [7, 11) is 0. The van der Waals surface area contributed by atoms with Crippen molar-refractivity contribution < 1.29 is 23.1 Å². The summed E-state index contributed by atoms with van der Waals surface area (Å²) in [5, 5.41) is 16.7. The van der Waals surface area contributed by atoms with Gasteiger partial charge in [-0.3, -0.25) is 5.32 Å². The van der Waals surface area contributed by atoms with Crippen LogP contribution in [-0.2, 0) is 6.42 Å². The van der Waals surface area contributed by atoms with Crippen molar-refractivity contribution in [2.45, 2.75) is 44.6 Å². The minimum Gasteiger partial charge on any atom is -0.402 e. The largest absolute Gasteiger partial charge is 0.405 e. The van der Waals surface area contributed by atoms with Crippen molar-refractivity contribution >= 4 is 17.9 Å². The van der Waals surface area contributed by atoms with Crippen LogP contribution >= 0.6 is 0 Å². The molecule has 8 N–H and O–H groups in total. The Morgan fingerprint density at radius 2 is 2.11 bits per heavy atom. The van der Waals surface area contributed by atoms with Gasteiger partial charge in [-0.1, -0.05) is 24.3 Å². The smallest absolute Gasteiger partial charge is 0.402 e. The predicted octanol–water partition coefficient (Wildman–Crippen LogP) is 2.75. The fourth-order valence-corrected chi connectivity index (χ4v) is 3.75. The summed E-state index contributed by atoms with van der Waals surface area (Å²) in [6.45, 7) is 2.26. The van der Waals surface area contributed by atoms with Crippen molar-refractivity contribution in [2.24, 2.45) is 17.4 Å². The van der Waals surface area contributed by atoms with E-state index in [-0.39, 0.29) is 18.7 Å². The average molecular weight is 508 g/mol. The Morgan fingerprint density at radius 3 is 2.81 bits per heavy atom. The first-order valence-corrected chi connectivity index (χ1v) is 11.4. The molecule has 0 saturated carbocycles. The van der Waals surface area contributed by atoms with E-state index in [2.05, 4.69) is 15.6 Å². The molecule has 1 aromatic carbocycles. The van der Waals surface area contributed by atoms with Crippen molar-refractivity contribution in [3.05, 3.63) is 54.1 Å². The fraction of sp³-hybridized carbons (Fsp3) is 0.417. The molecule has 1 aliphatic heterocycles. The Labute approximate surface area is 207 Å². The molecule has 0 saturated heterocycles. The number of allylic oxidation sites excluding steroid dienone is 1. The van der Waals surface area contributed by atoms with Crippen LogP contribution in [0.2, 0.25) is 0 Å². The van der Waals surface area contributed by atoms with Gasteiger partial charge in [0, 0.05) is 41.0 Å². The molecule has 0 bridgehead atoms. The van der Waals surface area contributed by atoms with Gasteiger partial charge in [0.25, 0.3) is 0 Å². The van der Waals surface area contributed by atoms with E-state index < -0.39 is 24.3 Å². The van der Waals surface area contributed by atoms with Gasteiger partial charge in [-0.05, 0) is 32.4 Å². The van der Waals surface area contributed by atoms with E-state index in [0.29, 0.717) is 24.2 Å². The standard InChI is InChI=1S/C24H32F3N7O2/c1-23(2,14-35)33-20(29)7-6-18(28)15-8-9-34-19(12-30-21(34)11-15)16-4-3-5-17(10-16)32-22(36)31-13-24(25,26)27/h3-6,8-10,12,15,20,33,35H,7,11,13-14,28-29H2,1-2H3,(H2,31,32,36)/b18-6-. The molecule has 1 aromatic heterocycles. The molecule has 0 spiro atoms. The highest BCUT2D eigenvalue weighted by molar-refractivity contribution is 5.90. The lowest BCUT2D eigenvalue weighted by Crippen LogP contribution is -2.52. The molecule has 36 heavy (non-hydrogen) atoms. The molecule has 9 nitrogen and oxygen atoms in total. The van der Waals surface area contributed by atoms with Crippen LogP contribution in [0.4, 0.5) is 23.7 Å². The second-order valence-corrected chi connectivity index (χ2v) is 9.32. The lowest BCUT2D eigenvalue weighted by atomic mass is 9.97. The van der Waals surface area contributed by atoms with Crippen molar-refractivity contribution in [3.63, 3.8) is 0 Å². The van der Waals surface area contributed by atoms with E-state index >= 15 is 0 Å². The quantitative estimate of drug-likeness (QED) is 0.288. The molecule has 12 heteroatoms. The number of aliphatic hydroxyl groups is 1. The highest BCUT2D eigenvalue weighted by Crippen LogP contribution is 2.29. The zero-order chi connectivity index (χ0) is 26.5. The number of rotatable bonds is 9. The SMILES string of the molecule is CC(C)(CO)NC(N)C/C=C(\N)C1C=Cn2c(-c3cccc(NC(=O)NCC(F)(F)F)c3)cnc2C1. The molecule has 2 unspecified atom stereocenters. The summed E-state index contributed by atoms with van der Waals surface area (Å²) in [5.74, 6) is 0.732. The molecular formula is C24H32F3N7O2. The molecule has 0 fully saturated rings. The maximum absolute atomic E-state index is 12.3. The number of nitrogens with zero attached hydrogens (tertiary/aromatic N) is 2. The number of nitrogens with one attached hydrogen (secondary N) is 3. The minimum atomic E-state index is -4.49. The third-order valence-corrected chi connectivity index (χ3v) is 5.62. The highest BCUT2D eigenvalue weighted by atomic mass is 19.4. The van der Waals surface area contributed by atoms with E-state index in [1.165, 1.54) is 0 Å². The summed E-state index contributed by atoms with van der Waals surface area (Å²) >= 11 is 0. The minimum absolute atomic E-state index is 0.0412. The van der Waals surface area contributed by atoms with Crippen molar-refractivity contribution in [1.29, 1.82) is 0 Å². The molecule has 2 amide bonds. The molecular weight excluding hydrogens is 475 g/mol. The summed E-state index contributed by atoms with van der Waals surface area (Å²) in [6.07, 6.45) is 3.63. The van der Waals surface area contributed by atoms with E-state index in [9.17, 15) is 23.1 Å². The Morgan fingerprint density at radius 1 is 1.36 bits per heavy atom. The first-order chi connectivity index (χ1) is 16.9. The number of aromatic nitrogens is 2. The number of carbonyl (C=O) groups excluding carboxylic acids is 1. The number of aliphatic hydroxyl groups excluding tert-OH is 1. The van der Waals surface area contributed by atoms with Crippen molar-refractivity contribution in [2.75, 3.05) is 18.5 Å². The van der Waals surface area contributed by atoms with Gasteiger partial charge in [-0.2, -0.15) is 13.2 Å². The normalized spacial score (nSPS) is 17.0. The van der Waals surface area contributed by atoms with Crippen LogP contribution in [0.25, 0.3) is 17.5 Å². The van der Waals surface area contributed by atoms with Gasteiger partial charge in [-0.15, -0.1) is 0 Å². The molecule has 3 rings (SSSR count). The van der Waals surface area contributed by atoms with Gasteiger partial charge in [-0.25, -0.2) is 9.78 Å². The predicted molar refractivity (Wildman–Crippen MR) is 132 cm³/mol. The Bertz CT molecular complexity index is 1130. The Kier molecular flexibility index (Phi) is 8.43. The molecule has 0 radical (unpaired) electrons. The Hall–Kier alpha value is -3.35. The van der Waals surface area contributed by atoms with Gasteiger partial charge in [0.15, 0.2) is 0 Å². The number of imidazole rings is 1. The van der Waals surface area contributed by atoms with Gasteiger partial charge < -0.3 is 31.8 Å². The maximum Gasteiger partial charge on any atom is 0.405 e. The van der Waals surface area contributed by atoms with E-state index in [1.807, 2.05) is 42.8 Å². The number of benzene rings is 1. The summed E-state index contributed by atoms with van der Waals surface area (Å²) in [4.78, 5) is 16.3. The first-order valence-electron chi connectivity index (χ1n) is 11.4. The first kappa shape index (κ1) is 27.2. The number of anilines is 1. The van der Waals surface area contributed by atoms with Gasteiger partial charge in [0.2, 0.25) is 0 Å². The summed E-state index contributed by atoms with van der Waals surface area (Å²) < 4.78 is 38.8. The number of fused-ring (bicyclic) bond motifs is 1. The monoisotopic (exact) mass is 507 g/mol. The molecule has 0 aliphatic carbocycles. The second-order valence-electron chi connectivity index (χ2n) is 9.32. The number of hydrogen-bond donors (Lipinski definition) is 6. The lowest BCUT2D eigenvalue weighted by Gasteiger charge is -2.27. The number of hydrogen-bond acceptors (Lipinski definition) is 6. The van der Waals surface area contributed by atoms with Crippen LogP contribution in [0.1, 0.15) is 26.1 Å². The van der Waals surface area contributed by atoms with Gasteiger partial charge >= 0.3 is 12.2 Å². The zero-order valence-electron chi connectivity index (χ0n) is 20.1. The second kappa shape index (κ2) is 11.1. The van der Waals surface area contributed by atoms with Crippen LogP contribution in [0, 0.1) is 5.92 Å². The van der Waals surface area contributed by atoms with E-state index in [0.717, 1.165) is 17.1 Å². The molecule has 196 valence electrons. The van der Waals surface area contributed by atoms with Crippen molar-refractivity contribution in [1.82, 2.24) is 20.2 Å².